The van der Waals surface area contributed by atoms with Gasteiger partial charge in [0.1, 0.15) is 10.7 Å². The number of hydrogen-bond donors (Lipinski definition) is 1. The van der Waals surface area contributed by atoms with Crippen LogP contribution in [0.4, 0.5) is 5.69 Å². The zero-order valence-electron chi connectivity index (χ0n) is 22.9. The van der Waals surface area contributed by atoms with Gasteiger partial charge in [-0.05, 0) is 72.3 Å². The highest BCUT2D eigenvalue weighted by atomic mass is 35.5. The lowest BCUT2D eigenvalue weighted by atomic mass is 9.78. The van der Waals surface area contributed by atoms with Gasteiger partial charge >= 0.3 is 0 Å². The Hall–Kier alpha value is -2.96. The lowest BCUT2D eigenvalue weighted by Crippen LogP contribution is -2.42. The standard InChI is InChI=1S/C30H32Cl2N5O2P/c1-36-18-34-17-27(36)30(33,26-12-19(13-28(32)35-26)10-11-40(3,4)39)21-8-9-25-24(15-21)23(16-29(38)37(25)2)20-6-5-7-22(31)14-20/h5-9,12-15,17-18,23H,10-11,16,33H2,1-4H3. The Morgan fingerprint density at radius 1 is 1.10 bits per heavy atom. The van der Waals surface area contributed by atoms with Gasteiger partial charge in [-0.2, -0.15) is 0 Å². The second kappa shape index (κ2) is 10.8. The number of nitrogens with two attached hydrogens (primary N) is 1. The van der Waals surface area contributed by atoms with Gasteiger partial charge in [-0.3, -0.25) is 4.79 Å². The molecule has 2 N–H and O–H groups in total. The molecule has 1 aliphatic heterocycles. The molecule has 0 fully saturated rings. The number of imidazole rings is 1. The summed E-state index contributed by atoms with van der Waals surface area (Å²) in [5, 5.41) is 0.927. The van der Waals surface area contributed by atoms with Gasteiger partial charge in [0.15, 0.2) is 0 Å². The molecule has 0 saturated carbocycles. The van der Waals surface area contributed by atoms with E-state index in [1.54, 1.807) is 43.9 Å². The van der Waals surface area contributed by atoms with Crippen molar-refractivity contribution in [1.29, 1.82) is 0 Å². The van der Waals surface area contributed by atoms with E-state index in [0.717, 1.165) is 33.6 Å². The number of anilines is 1. The maximum Gasteiger partial charge on any atom is 0.227 e. The minimum absolute atomic E-state index is 0.0289. The minimum atomic E-state index is -2.23. The largest absolute Gasteiger partial charge is 0.335 e. The quantitative estimate of drug-likeness (QED) is 0.208. The van der Waals surface area contributed by atoms with E-state index in [0.29, 0.717) is 34.9 Å². The average Bonchev–Trinajstić information content (AvgIpc) is 3.34. The molecule has 7 nitrogen and oxygen atoms in total. The summed E-state index contributed by atoms with van der Waals surface area (Å²) in [5.41, 5.74) is 11.9. The second-order valence-corrected chi connectivity index (χ2v) is 15.4. The smallest absolute Gasteiger partial charge is 0.227 e. The third-order valence-corrected chi connectivity index (χ3v) is 9.37. The van der Waals surface area contributed by atoms with Gasteiger partial charge in [0.05, 0.1) is 31.1 Å². The van der Waals surface area contributed by atoms with Gasteiger partial charge in [0.25, 0.3) is 0 Å². The molecule has 3 heterocycles. The number of rotatable bonds is 7. The zero-order valence-corrected chi connectivity index (χ0v) is 25.3. The molecule has 2 aromatic heterocycles. The highest BCUT2D eigenvalue weighted by Crippen LogP contribution is 2.44. The zero-order chi connectivity index (χ0) is 28.8. The molecule has 2 atom stereocenters. The number of amides is 1. The lowest BCUT2D eigenvalue weighted by molar-refractivity contribution is -0.118. The first-order valence-corrected chi connectivity index (χ1v) is 16.5. The van der Waals surface area contributed by atoms with Gasteiger partial charge in [-0.1, -0.05) is 47.5 Å². The normalized spacial score (nSPS) is 17.0. The highest BCUT2D eigenvalue weighted by Gasteiger charge is 2.39. The molecule has 0 radical (unpaired) electrons. The number of benzene rings is 2. The number of fused-ring (bicyclic) bond motifs is 1. The molecule has 4 aromatic rings. The predicted molar refractivity (Wildman–Crippen MR) is 162 cm³/mol. The van der Waals surface area contributed by atoms with E-state index in [9.17, 15) is 9.36 Å². The molecule has 10 heteroatoms. The molecule has 2 aromatic carbocycles. The third kappa shape index (κ3) is 5.48. The first-order valence-electron chi connectivity index (χ1n) is 13.0. The van der Waals surface area contributed by atoms with Crippen LogP contribution in [0.5, 0.6) is 0 Å². The molecule has 1 amide bonds. The maximum atomic E-state index is 13.0. The summed E-state index contributed by atoms with van der Waals surface area (Å²) in [5.74, 6) is -0.166. The summed E-state index contributed by atoms with van der Waals surface area (Å²) in [7, 11) is 1.45. The topological polar surface area (TPSA) is 94.1 Å². The van der Waals surface area contributed by atoms with Crippen LogP contribution in [0.1, 0.15) is 46.0 Å². The number of pyridine rings is 1. The van der Waals surface area contributed by atoms with Crippen molar-refractivity contribution in [3.63, 3.8) is 0 Å². The number of nitrogens with zero attached hydrogens (tertiary/aromatic N) is 4. The molecular weight excluding hydrogens is 564 g/mol. The van der Waals surface area contributed by atoms with Crippen molar-refractivity contribution in [1.82, 2.24) is 14.5 Å². The first kappa shape index (κ1) is 28.6. The Morgan fingerprint density at radius 2 is 1.88 bits per heavy atom. The average molecular weight is 596 g/mol. The van der Waals surface area contributed by atoms with Crippen LogP contribution in [0.25, 0.3) is 0 Å². The van der Waals surface area contributed by atoms with Crippen molar-refractivity contribution in [3.8, 4) is 0 Å². The van der Waals surface area contributed by atoms with Crippen LogP contribution in [-0.2, 0) is 28.4 Å². The summed E-state index contributed by atoms with van der Waals surface area (Å²) >= 11 is 12.9. The summed E-state index contributed by atoms with van der Waals surface area (Å²) in [6.07, 6.45) is 4.89. The van der Waals surface area contributed by atoms with E-state index in [-0.39, 0.29) is 11.8 Å². The van der Waals surface area contributed by atoms with Crippen LogP contribution < -0.4 is 10.6 Å². The molecule has 1 aliphatic rings. The summed E-state index contributed by atoms with van der Waals surface area (Å²) in [6.45, 7) is 3.57. The monoisotopic (exact) mass is 595 g/mol. The maximum absolute atomic E-state index is 13.0. The van der Waals surface area contributed by atoms with E-state index in [4.69, 9.17) is 33.9 Å². The van der Waals surface area contributed by atoms with Gasteiger partial charge < -0.3 is 19.8 Å². The molecule has 5 rings (SSSR count). The van der Waals surface area contributed by atoms with Crippen LogP contribution in [-0.4, -0.2) is 47.0 Å². The second-order valence-electron chi connectivity index (χ2n) is 11.0. The van der Waals surface area contributed by atoms with Crippen LogP contribution in [0.15, 0.2) is 67.1 Å². The number of carbonyl (C=O) groups excluding carboxylic acids is 1. The Labute approximate surface area is 244 Å². The molecular formula is C30H32Cl2N5O2P. The van der Waals surface area contributed by atoms with Crippen molar-refractivity contribution >= 4 is 41.9 Å². The number of carbonyl (C=O) groups is 1. The summed E-state index contributed by atoms with van der Waals surface area (Å²) in [4.78, 5) is 23.7. The fourth-order valence-electron chi connectivity index (χ4n) is 5.42. The van der Waals surface area contributed by atoms with E-state index in [2.05, 4.69) is 11.1 Å². The Bertz CT molecular complexity index is 1650. The number of hydrogen-bond acceptors (Lipinski definition) is 5. The highest BCUT2D eigenvalue weighted by molar-refractivity contribution is 7.62. The van der Waals surface area contributed by atoms with Gasteiger partial charge in [-0.25, -0.2) is 9.97 Å². The fourth-order valence-corrected chi connectivity index (χ4v) is 6.65. The van der Waals surface area contributed by atoms with Crippen molar-refractivity contribution in [2.24, 2.45) is 12.8 Å². The van der Waals surface area contributed by atoms with Crippen molar-refractivity contribution in [2.75, 3.05) is 31.4 Å². The SMILES string of the molecule is CN1C(=O)CC(c2cccc(Cl)c2)c2cc(C(N)(c3cc(CCP(C)(C)=O)cc(Cl)n3)c3cncn3C)ccc21. The lowest BCUT2D eigenvalue weighted by Gasteiger charge is -2.35. The van der Waals surface area contributed by atoms with E-state index < -0.39 is 12.7 Å². The molecule has 0 bridgehead atoms. The minimum Gasteiger partial charge on any atom is -0.335 e. The van der Waals surface area contributed by atoms with Crippen molar-refractivity contribution in [3.05, 3.63) is 111 Å². The Kier molecular flexibility index (Phi) is 7.71. The van der Waals surface area contributed by atoms with Gasteiger partial charge in [0, 0.05) is 43.3 Å². The molecule has 40 heavy (non-hydrogen) atoms. The molecule has 2 unspecified atom stereocenters. The molecule has 0 aliphatic carbocycles. The Balaban J connectivity index is 1.71. The molecule has 0 saturated heterocycles. The van der Waals surface area contributed by atoms with Crippen LogP contribution in [0.3, 0.4) is 0 Å². The van der Waals surface area contributed by atoms with Crippen LogP contribution in [0.2, 0.25) is 10.2 Å². The number of halogens is 2. The Morgan fingerprint density at radius 3 is 2.55 bits per heavy atom. The van der Waals surface area contributed by atoms with E-state index in [1.165, 1.54) is 0 Å². The van der Waals surface area contributed by atoms with Crippen LogP contribution >= 0.6 is 30.3 Å². The number of aryl methyl sites for hydroxylation is 2. The first-order chi connectivity index (χ1) is 18.9. The van der Waals surface area contributed by atoms with E-state index in [1.807, 2.05) is 54.1 Å². The predicted octanol–water partition coefficient (Wildman–Crippen LogP) is 6.04. The summed E-state index contributed by atoms with van der Waals surface area (Å²) in [6, 6.07) is 17.3. The van der Waals surface area contributed by atoms with Gasteiger partial charge in [0.2, 0.25) is 5.91 Å². The van der Waals surface area contributed by atoms with Crippen molar-refractivity contribution < 1.29 is 9.36 Å². The number of aromatic nitrogens is 3. The van der Waals surface area contributed by atoms with Gasteiger partial charge in [-0.15, -0.1) is 0 Å². The third-order valence-electron chi connectivity index (χ3n) is 7.64. The van der Waals surface area contributed by atoms with Crippen molar-refractivity contribution in [2.45, 2.75) is 24.3 Å². The molecule has 0 spiro atoms. The van der Waals surface area contributed by atoms with E-state index >= 15 is 0 Å². The van der Waals surface area contributed by atoms with Crippen LogP contribution in [0, 0.1) is 0 Å². The fraction of sp³-hybridized carbons (Fsp3) is 0.300. The summed E-state index contributed by atoms with van der Waals surface area (Å²) < 4.78 is 14.3. The molecule has 208 valence electrons.